The van der Waals surface area contributed by atoms with Crippen LogP contribution in [0.5, 0.6) is 0 Å². The molecular formula is C23H25N5O. The Balaban J connectivity index is 1.31. The summed E-state index contributed by atoms with van der Waals surface area (Å²) in [5.74, 6) is 1.04. The Morgan fingerprint density at radius 2 is 1.83 bits per heavy atom. The van der Waals surface area contributed by atoms with E-state index in [0.29, 0.717) is 0 Å². The molecule has 1 amide bonds. The van der Waals surface area contributed by atoms with E-state index in [9.17, 15) is 4.79 Å². The molecule has 0 aliphatic carbocycles. The second-order valence-electron chi connectivity index (χ2n) is 7.42. The van der Waals surface area contributed by atoms with E-state index >= 15 is 0 Å². The minimum Gasteiger partial charge on any atom is -0.355 e. The minimum atomic E-state index is 0.0209. The highest BCUT2D eigenvalue weighted by Gasteiger charge is 2.26. The maximum absolute atomic E-state index is 12.7. The summed E-state index contributed by atoms with van der Waals surface area (Å²) in [4.78, 5) is 19.0. The first-order chi connectivity index (χ1) is 14.2. The molecule has 1 aliphatic heterocycles. The summed E-state index contributed by atoms with van der Waals surface area (Å²) in [6.07, 6.45) is 5.16. The standard InChI is InChI=1S/C23H25N5O/c1-17(18-6-3-2-4-7-18)25-23(29)19-11-14-28(15-12-19)22-10-9-21(26-27-22)20-8-5-13-24-16-20/h2-10,13,16-17,19H,11-12,14-15H2,1H3,(H,25,29)/t17-/m1/s1. The van der Waals surface area contributed by atoms with Crippen molar-refractivity contribution in [3.63, 3.8) is 0 Å². The predicted octanol–water partition coefficient (Wildman–Crippen LogP) is 3.63. The number of nitrogens with one attached hydrogen (secondary N) is 1. The number of hydrogen-bond acceptors (Lipinski definition) is 5. The number of nitrogens with zero attached hydrogens (tertiary/aromatic N) is 4. The van der Waals surface area contributed by atoms with Gasteiger partial charge in [-0.3, -0.25) is 9.78 Å². The number of pyridine rings is 1. The molecule has 0 bridgehead atoms. The summed E-state index contributed by atoms with van der Waals surface area (Å²) in [7, 11) is 0. The van der Waals surface area contributed by atoms with E-state index in [1.807, 2.05) is 61.5 Å². The van der Waals surface area contributed by atoms with Gasteiger partial charge in [0.15, 0.2) is 5.82 Å². The fraction of sp³-hybridized carbons (Fsp3) is 0.304. The van der Waals surface area contributed by atoms with Crippen LogP contribution >= 0.6 is 0 Å². The van der Waals surface area contributed by atoms with Crippen molar-refractivity contribution in [1.82, 2.24) is 20.5 Å². The van der Waals surface area contributed by atoms with Crippen LogP contribution in [0.3, 0.4) is 0 Å². The third kappa shape index (κ3) is 4.59. The molecule has 0 saturated carbocycles. The SMILES string of the molecule is C[C@@H](NC(=O)C1CCN(c2ccc(-c3cccnc3)nn2)CC1)c1ccccc1. The Kier molecular flexibility index (Phi) is 5.79. The zero-order chi connectivity index (χ0) is 20.1. The van der Waals surface area contributed by atoms with Crippen molar-refractivity contribution in [2.24, 2.45) is 5.92 Å². The van der Waals surface area contributed by atoms with Gasteiger partial charge in [0.25, 0.3) is 0 Å². The number of piperidine rings is 1. The first-order valence-corrected chi connectivity index (χ1v) is 10.0. The number of carbonyl (C=O) groups is 1. The molecule has 1 aliphatic rings. The van der Waals surface area contributed by atoms with Crippen LogP contribution in [0.25, 0.3) is 11.3 Å². The van der Waals surface area contributed by atoms with Gasteiger partial charge in [-0.2, -0.15) is 0 Å². The van der Waals surface area contributed by atoms with Crippen LogP contribution in [0.15, 0.2) is 67.0 Å². The van der Waals surface area contributed by atoms with Crippen molar-refractivity contribution < 1.29 is 4.79 Å². The number of benzene rings is 1. The van der Waals surface area contributed by atoms with Crippen LogP contribution in [0, 0.1) is 5.92 Å². The van der Waals surface area contributed by atoms with E-state index in [4.69, 9.17) is 0 Å². The van der Waals surface area contributed by atoms with Crippen molar-refractivity contribution >= 4 is 11.7 Å². The molecule has 0 spiro atoms. The minimum absolute atomic E-state index is 0.0209. The topological polar surface area (TPSA) is 71.0 Å². The van der Waals surface area contributed by atoms with Gasteiger partial charge in [0.05, 0.1) is 11.7 Å². The average molecular weight is 387 g/mol. The predicted molar refractivity (Wildman–Crippen MR) is 113 cm³/mol. The van der Waals surface area contributed by atoms with Gasteiger partial charge in [-0.1, -0.05) is 30.3 Å². The van der Waals surface area contributed by atoms with E-state index in [0.717, 1.165) is 48.6 Å². The van der Waals surface area contributed by atoms with Crippen molar-refractivity contribution in [2.45, 2.75) is 25.8 Å². The Bertz CT molecular complexity index is 923. The van der Waals surface area contributed by atoms with Crippen LogP contribution in [0.2, 0.25) is 0 Å². The van der Waals surface area contributed by atoms with Gasteiger partial charge < -0.3 is 10.2 Å². The van der Waals surface area contributed by atoms with E-state index in [1.165, 1.54) is 0 Å². The highest BCUT2D eigenvalue weighted by molar-refractivity contribution is 5.79. The molecule has 0 radical (unpaired) electrons. The number of aromatic nitrogens is 3. The van der Waals surface area contributed by atoms with Crippen LogP contribution in [0.4, 0.5) is 5.82 Å². The fourth-order valence-electron chi connectivity index (χ4n) is 3.69. The lowest BCUT2D eigenvalue weighted by atomic mass is 9.95. The lowest BCUT2D eigenvalue weighted by molar-refractivity contribution is -0.126. The molecule has 6 heteroatoms. The summed E-state index contributed by atoms with van der Waals surface area (Å²) in [5.41, 5.74) is 2.89. The molecular weight excluding hydrogens is 362 g/mol. The second-order valence-corrected chi connectivity index (χ2v) is 7.42. The van der Waals surface area contributed by atoms with Crippen molar-refractivity contribution in [3.05, 3.63) is 72.6 Å². The Morgan fingerprint density at radius 1 is 1.03 bits per heavy atom. The van der Waals surface area contributed by atoms with Gasteiger partial charge in [0.1, 0.15) is 0 Å². The molecule has 1 saturated heterocycles. The Morgan fingerprint density at radius 3 is 2.48 bits per heavy atom. The molecule has 1 N–H and O–H groups in total. The third-order valence-electron chi connectivity index (χ3n) is 5.46. The maximum Gasteiger partial charge on any atom is 0.223 e. The van der Waals surface area contributed by atoms with Gasteiger partial charge in [-0.05, 0) is 49.6 Å². The van der Waals surface area contributed by atoms with E-state index in [-0.39, 0.29) is 17.9 Å². The van der Waals surface area contributed by atoms with E-state index in [2.05, 4.69) is 25.4 Å². The Hall–Kier alpha value is -3.28. The lowest BCUT2D eigenvalue weighted by Crippen LogP contribution is -2.41. The fourth-order valence-corrected chi connectivity index (χ4v) is 3.69. The van der Waals surface area contributed by atoms with Gasteiger partial charge in [0, 0.05) is 37.0 Å². The summed E-state index contributed by atoms with van der Waals surface area (Å²) in [5, 5.41) is 11.9. The molecule has 0 unspecified atom stereocenters. The summed E-state index contributed by atoms with van der Waals surface area (Å²) >= 11 is 0. The van der Waals surface area contributed by atoms with Crippen LogP contribution in [0.1, 0.15) is 31.4 Å². The average Bonchev–Trinajstić information content (AvgIpc) is 2.80. The number of rotatable bonds is 5. The third-order valence-corrected chi connectivity index (χ3v) is 5.46. The van der Waals surface area contributed by atoms with Crippen molar-refractivity contribution in [1.29, 1.82) is 0 Å². The largest absolute Gasteiger partial charge is 0.355 e. The molecule has 29 heavy (non-hydrogen) atoms. The first kappa shape index (κ1) is 19.1. The molecule has 6 nitrogen and oxygen atoms in total. The Labute approximate surface area is 171 Å². The number of amides is 1. The van der Waals surface area contributed by atoms with Crippen LogP contribution < -0.4 is 10.2 Å². The molecule has 1 atom stereocenters. The highest BCUT2D eigenvalue weighted by Crippen LogP contribution is 2.24. The molecule has 2 aromatic heterocycles. The van der Waals surface area contributed by atoms with Gasteiger partial charge in [0.2, 0.25) is 5.91 Å². The van der Waals surface area contributed by atoms with Gasteiger partial charge >= 0.3 is 0 Å². The monoisotopic (exact) mass is 387 g/mol. The molecule has 148 valence electrons. The summed E-state index contributed by atoms with van der Waals surface area (Å²) in [6, 6.07) is 17.9. The molecule has 3 heterocycles. The van der Waals surface area contributed by atoms with Gasteiger partial charge in [-0.25, -0.2) is 0 Å². The zero-order valence-corrected chi connectivity index (χ0v) is 16.5. The first-order valence-electron chi connectivity index (χ1n) is 10.0. The maximum atomic E-state index is 12.7. The zero-order valence-electron chi connectivity index (χ0n) is 16.5. The number of anilines is 1. The number of hydrogen-bond donors (Lipinski definition) is 1. The molecule has 1 fully saturated rings. The van der Waals surface area contributed by atoms with Crippen molar-refractivity contribution in [3.8, 4) is 11.3 Å². The quantitative estimate of drug-likeness (QED) is 0.724. The molecule has 4 rings (SSSR count). The normalized spacial score (nSPS) is 15.7. The number of carbonyl (C=O) groups excluding carboxylic acids is 1. The summed E-state index contributed by atoms with van der Waals surface area (Å²) < 4.78 is 0. The lowest BCUT2D eigenvalue weighted by Gasteiger charge is -2.32. The van der Waals surface area contributed by atoms with Crippen molar-refractivity contribution in [2.75, 3.05) is 18.0 Å². The van der Waals surface area contributed by atoms with Crippen LogP contribution in [-0.2, 0) is 4.79 Å². The smallest absolute Gasteiger partial charge is 0.223 e. The van der Waals surface area contributed by atoms with Crippen LogP contribution in [-0.4, -0.2) is 34.2 Å². The van der Waals surface area contributed by atoms with E-state index in [1.54, 1.807) is 12.4 Å². The molecule has 3 aromatic rings. The van der Waals surface area contributed by atoms with E-state index < -0.39 is 0 Å². The highest BCUT2D eigenvalue weighted by atomic mass is 16.1. The second kappa shape index (κ2) is 8.82. The van der Waals surface area contributed by atoms with Gasteiger partial charge in [-0.15, -0.1) is 10.2 Å². The molecule has 1 aromatic carbocycles. The summed E-state index contributed by atoms with van der Waals surface area (Å²) in [6.45, 7) is 3.64.